The van der Waals surface area contributed by atoms with Gasteiger partial charge < -0.3 is 19.9 Å². The first-order chi connectivity index (χ1) is 12.9. The Morgan fingerprint density at radius 2 is 2.04 bits per heavy atom. The standard InChI is InChI=1S/C19H27N5O3/c1-13(2)5-18(25)23-17(7-15-9-21-12-22-15)19(26)24(3)11-14-6-16(27-4)10-20-8-14/h6,8-10,12-13,17H,5,7,11H2,1-4H3,(H,21,22)(H,23,25). The van der Waals surface area contributed by atoms with Crippen molar-refractivity contribution in [2.24, 2.45) is 5.92 Å². The Balaban J connectivity index is 2.09. The zero-order valence-corrected chi connectivity index (χ0v) is 16.2. The number of aromatic amines is 1. The number of pyridine rings is 1. The second-order valence-corrected chi connectivity index (χ2v) is 6.93. The zero-order chi connectivity index (χ0) is 19.8. The summed E-state index contributed by atoms with van der Waals surface area (Å²) in [5, 5.41) is 2.86. The van der Waals surface area contributed by atoms with Gasteiger partial charge in [0.25, 0.3) is 0 Å². The highest BCUT2D eigenvalue weighted by molar-refractivity contribution is 5.87. The van der Waals surface area contributed by atoms with Gasteiger partial charge in [0.15, 0.2) is 0 Å². The number of methoxy groups -OCH3 is 1. The zero-order valence-electron chi connectivity index (χ0n) is 16.2. The maximum atomic E-state index is 13.0. The Hall–Kier alpha value is -2.90. The van der Waals surface area contributed by atoms with Crippen molar-refractivity contribution in [1.29, 1.82) is 0 Å². The van der Waals surface area contributed by atoms with Crippen LogP contribution in [0.4, 0.5) is 0 Å². The number of amides is 2. The number of hydrogen-bond acceptors (Lipinski definition) is 5. The molecule has 8 nitrogen and oxygen atoms in total. The van der Waals surface area contributed by atoms with Crippen LogP contribution < -0.4 is 10.1 Å². The lowest BCUT2D eigenvalue weighted by molar-refractivity contribution is -0.136. The molecule has 0 radical (unpaired) electrons. The molecule has 0 aliphatic heterocycles. The first-order valence-corrected chi connectivity index (χ1v) is 8.88. The van der Waals surface area contributed by atoms with E-state index in [4.69, 9.17) is 4.74 Å². The van der Waals surface area contributed by atoms with Crippen LogP contribution in [0.15, 0.2) is 31.0 Å². The summed E-state index contributed by atoms with van der Waals surface area (Å²) in [5.74, 6) is 0.532. The first kappa shape index (κ1) is 20.4. The van der Waals surface area contributed by atoms with Gasteiger partial charge in [-0.05, 0) is 17.5 Å². The number of ether oxygens (including phenoxy) is 1. The molecule has 2 aromatic heterocycles. The third kappa shape index (κ3) is 6.40. The average molecular weight is 373 g/mol. The Morgan fingerprint density at radius 3 is 2.67 bits per heavy atom. The molecule has 27 heavy (non-hydrogen) atoms. The van der Waals surface area contributed by atoms with E-state index in [1.54, 1.807) is 44.0 Å². The molecule has 1 atom stereocenters. The monoisotopic (exact) mass is 373 g/mol. The van der Waals surface area contributed by atoms with E-state index >= 15 is 0 Å². The fourth-order valence-electron chi connectivity index (χ4n) is 2.72. The number of hydrogen-bond donors (Lipinski definition) is 2. The highest BCUT2D eigenvalue weighted by Crippen LogP contribution is 2.13. The minimum absolute atomic E-state index is 0.140. The van der Waals surface area contributed by atoms with E-state index in [0.717, 1.165) is 11.3 Å². The summed E-state index contributed by atoms with van der Waals surface area (Å²) in [6, 6.07) is 1.16. The number of imidazole rings is 1. The van der Waals surface area contributed by atoms with Crippen LogP contribution >= 0.6 is 0 Å². The van der Waals surface area contributed by atoms with Crippen molar-refractivity contribution < 1.29 is 14.3 Å². The third-order valence-electron chi connectivity index (χ3n) is 4.01. The maximum absolute atomic E-state index is 13.0. The van der Waals surface area contributed by atoms with Crippen LogP contribution in [0.3, 0.4) is 0 Å². The lowest BCUT2D eigenvalue weighted by Gasteiger charge is -2.25. The van der Waals surface area contributed by atoms with Crippen molar-refractivity contribution >= 4 is 11.8 Å². The van der Waals surface area contributed by atoms with Crippen molar-refractivity contribution in [3.63, 3.8) is 0 Å². The van der Waals surface area contributed by atoms with E-state index in [9.17, 15) is 9.59 Å². The molecule has 1 unspecified atom stereocenters. The Morgan fingerprint density at radius 1 is 1.26 bits per heavy atom. The highest BCUT2D eigenvalue weighted by Gasteiger charge is 2.25. The second kappa shape index (κ2) is 9.70. The maximum Gasteiger partial charge on any atom is 0.245 e. The van der Waals surface area contributed by atoms with Gasteiger partial charge in [-0.2, -0.15) is 0 Å². The van der Waals surface area contributed by atoms with Gasteiger partial charge in [-0.15, -0.1) is 0 Å². The SMILES string of the molecule is COc1cncc(CN(C)C(=O)C(Cc2cnc[nH]2)NC(=O)CC(C)C)c1. The van der Waals surface area contributed by atoms with E-state index in [1.165, 1.54) is 0 Å². The molecule has 2 aromatic rings. The van der Waals surface area contributed by atoms with Gasteiger partial charge >= 0.3 is 0 Å². The summed E-state index contributed by atoms with van der Waals surface area (Å²) in [4.78, 5) is 37.8. The molecular formula is C19H27N5O3. The van der Waals surface area contributed by atoms with Gasteiger partial charge in [-0.25, -0.2) is 4.98 Å². The topological polar surface area (TPSA) is 100 Å². The Bertz CT molecular complexity index is 746. The quantitative estimate of drug-likeness (QED) is 0.695. The van der Waals surface area contributed by atoms with E-state index in [0.29, 0.717) is 25.1 Å². The Labute approximate surface area is 159 Å². The summed E-state index contributed by atoms with van der Waals surface area (Å²) in [7, 11) is 3.27. The number of aromatic nitrogens is 3. The summed E-state index contributed by atoms with van der Waals surface area (Å²) in [6.45, 7) is 4.29. The predicted octanol–water partition coefficient (Wildman–Crippen LogP) is 1.55. The number of nitrogens with zero attached hydrogens (tertiary/aromatic N) is 3. The fraction of sp³-hybridized carbons (Fsp3) is 0.474. The number of nitrogens with one attached hydrogen (secondary N) is 2. The molecule has 0 aliphatic carbocycles. The fourth-order valence-corrected chi connectivity index (χ4v) is 2.72. The van der Waals surface area contributed by atoms with E-state index < -0.39 is 6.04 Å². The van der Waals surface area contributed by atoms with Crippen molar-refractivity contribution in [3.8, 4) is 5.75 Å². The molecule has 2 rings (SSSR count). The van der Waals surface area contributed by atoms with Crippen LogP contribution in [-0.4, -0.2) is 51.9 Å². The average Bonchev–Trinajstić information content (AvgIpc) is 3.13. The van der Waals surface area contributed by atoms with E-state index in [1.807, 2.05) is 19.9 Å². The van der Waals surface area contributed by atoms with Gasteiger partial charge in [0.2, 0.25) is 11.8 Å². The van der Waals surface area contributed by atoms with Gasteiger partial charge in [-0.1, -0.05) is 13.8 Å². The summed E-state index contributed by atoms with van der Waals surface area (Å²) in [5.41, 5.74) is 1.63. The molecule has 8 heteroatoms. The van der Waals surface area contributed by atoms with Crippen LogP contribution in [-0.2, 0) is 22.6 Å². The third-order valence-corrected chi connectivity index (χ3v) is 4.01. The van der Waals surface area contributed by atoms with Crippen molar-refractivity contribution in [3.05, 3.63) is 42.2 Å². The number of likely N-dealkylation sites (N-methyl/N-ethyl adjacent to an activating group) is 1. The molecule has 0 saturated heterocycles. The number of rotatable bonds is 9. The van der Waals surface area contributed by atoms with Gasteiger partial charge in [-0.3, -0.25) is 14.6 Å². The first-order valence-electron chi connectivity index (χ1n) is 8.88. The van der Waals surface area contributed by atoms with E-state index in [-0.39, 0.29) is 17.7 Å². The number of carbonyl (C=O) groups is 2. The van der Waals surface area contributed by atoms with Crippen molar-refractivity contribution in [2.45, 2.75) is 39.3 Å². The van der Waals surface area contributed by atoms with Gasteiger partial charge in [0.05, 0.1) is 19.6 Å². The molecule has 0 aliphatic rings. The van der Waals surface area contributed by atoms with Crippen LogP contribution in [0.25, 0.3) is 0 Å². The van der Waals surface area contributed by atoms with Crippen LogP contribution in [0.5, 0.6) is 5.75 Å². The minimum atomic E-state index is -0.666. The lowest BCUT2D eigenvalue weighted by Crippen LogP contribution is -2.48. The molecular weight excluding hydrogens is 346 g/mol. The van der Waals surface area contributed by atoms with Gasteiger partial charge in [0, 0.05) is 44.5 Å². The van der Waals surface area contributed by atoms with Crippen LogP contribution in [0.1, 0.15) is 31.5 Å². The van der Waals surface area contributed by atoms with Crippen molar-refractivity contribution in [1.82, 2.24) is 25.2 Å². The predicted molar refractivity (Wildman–Crippen MR) is 101 cm³/mol. The van der Waals surface area contributed by atoms with Crippen LogP contribution in [0.2, 0.25) is 0 Å². The molecule has 0 saturated carbocycles. The highest BCUT2D eigenvalue weighted by atomic mass is 16.5. The molecule has 0 spiro atoms. The summed E-state index contributed by atoms with van der Waals surface area (Å²) >= 11 is 0. The molecule has 2 N–H and O–H groups in total. The molecule has 2 heterocycles. The van der Waals surface area contributed by atoms with Gasteiger partial charge in [0.1, 0.15) is 11.8 Å². The minimum Gasteiger partial charge on any atom is -0.495 e. The molecule has 0 bridgehead atoms. The lowest BCUT2D eigenvalue weighted by atomic mass is 10.1. The molecule has 2 amide bonds. The number of carbonyl (C=O) groups excluding carboxylic acids is 2. The number of H-pyrrole nitrogens is 1. The Kier molecular flexibility index (Phi) is 7.34. The van der Waals surface area contributed by atoms with E-state index in [2.05, 4.69) is 20.3 Å². The molecule has 146 valence electrons. The largest absolute Gasteiger partial charge is 0.495 e. The molecule has 0 aromatic carbocycles. The smallest absolute Gasteiger partial charge is 0.245 e. The normalized spacial score (nSPS) is 11.9. The molecule has 0 fully saturated rings. The summed E-state index contributed by atoms with van der Waals surface area (Å²) in [6.07, 6.45) is 7.23. The summed E-state index contributed by atoms with van der Waals surface area (Å²) < 4.78 is 5.17. The van der Waals surface area contributed by atoms with Crippen molar-refractivity contribution in [2.75, 3.05) is 14.2 Å². The second-order valence-electron chi connectivity index (χ2n) is 6.93. The van der Waals surface area contributed by atoms with Crippen LogP contribution in [0, 0.1) is 5.92 Å².